The normalized spacial score (nSPS) is 12.2. The molecule has 0 aliphatic heterocycles. The van der Waals surface area contributed by atoms with E-state index in [0.717, 1.165) is 21.8 Å². The van der Waals surface area contributed by atoms with E-state index in [1.165, 1.54) is 12.1 Å². The second-order valence-electron chi connectivity index (χ2n) is 4.14. The van der Waals surface area contributed by atoms with Crippen molar-refractivity contribution in [3.05, 3.63) is 57.7 Å². The first kappa shape index (κ1) is 16.1. The number of alkyl halides is 3. The fourth-order valence-corrected chi connectivity index (χ4v) is 3.04. The Bertz CT molecular complexity index is 743. The maximum atomic E-state index is 12.6. The molecule has 0 spiro atoms. The lowest BCUT2D eigenvalue weighted by Crippen LogP contribution is -2.14. The molecule has 0 bridgehead atoms. The van der Waals surface area contributed by atoms with Crippen LogP contribution in [0.5, 0.6) is 0 Å². The van der Waals surface area contributed by atoms with Crippen molar-refractivity contribution in [1.29, 1.82) is 0 Å². The minimum Gasteiger partial charge on any atom is -0.280 e. The van der Waals surface area contributed by atoms with Crippen LogP contribution in [0.4, 0.5) is 18.9 Å². The zero-order valence-corrected chi connectivity index (χ0v) is 13.3. The first-order chi connectivity index (χ1) is 9.68. The molecule has 3 nitrogen and oxygen atoms in total. The molecule has 0 radical (unpaired) electrons. The van der Waals surface area contributed by atoms with Gasteiger partial charge < -0.3 is 0 Å². The maximum Gasteiger partial charge on any atom is 0.416 e. The number of hydrogen-bond acceptors (Lipinski definition) is 2. The highest BCUT2D eigenvalue weighted by Gasteiger charge is 2.31. The summed E-state index contributed by atoms with van der Waals surface area (Å²) in [7, 11) is -4.06. The molecule has 0 atom stereocenters. The summed E-state index contributed by atoms with van der Waals surface area (Å²) in [6, 6.07) is 10.0. The number of benzene rings is 2. The first-order valence-corrected chi connectivity index (χ1v) is 8.20. The Hall–Kier alpha value is -1.29. The molecule has 0 aliphatic carbocycles. The first-order valence-electron chi connectivity index (χ1n) is 5.64. The third-order valence-corrected chi connectivity index (χ3v) is 4.67. The van der Waals surface area contributed by atoms with E-state index >= 15 is 0 Å². The van der Waals surface area contributed by atoms with Crippen molar-refractivity contribution in [2.45, 2.75) is 11.1 Å². The van der Waals surface area contributed by atoms with Gasteiger partial charge in [-0.1, -0.05) is 6.07 Å². The number of anilines is 1. The second kappa shape index (κ2) is 5.84. The molecule has 8 heteroatoms. The van der Waals surface area contributed by atoms with Gasteiger partial charge in [-0.2, -0.15) is 13.2 Å². The Kier molecular flexibility index (Phi) is 4.47. The van der Waals surface area contributed by atoms with E-state index in [1.54, 1.807) is 12.1 Å². The molecule has 0 unspecified atom stereocenters. The lowest BCUT2D eigenvalue weighted by Gasteiger charge is -2.11. The van der Waals surface area contributed by atoms with Gasteiger partial charge in [-0.15, -0.1) is 0 Å². The highest BCUT2D eigenvalue weighted by Crippen LogP contribution is 2.30. The van der Waals surface area contributed by atoms with E-state index in [4.69, 9.17) is 0 Å². The van der Waals surface area contributed by atoms with E-state index in [-0.39, 0.29) is 5.69 Å². The van der Waals surface area contributed by atoms with Crippen LogP contribution >= 0.6 is 22.6 Å². The van der Waals surface area contributed by atoms with Gasteiger partial charge in [-0.3, -0.25) is 4.72 Å². The van der Waals surface area contributed by atoms with Gasteiger partial charge in [0.1, 0.15) is 0 Å². The summed E-state index contributed by atoms with van der Waals surface area (Å²) in [6.45, 7) is 0. The Morgan fingerprint density at radius 3 is 2.19 bits per heavy atom. The number of hydrogen-bond donors (Lipinski definition) is 1. The van der Waals surface area contributed by atoms with E-state index < -0.39 is 26.7 Å². The van der Waals surface area contributed by atoms with Crippen molar-refractivity contribution < 1.29 is 21.6 Å². The average molecular weight is 427 g/mol. The van der Waals surface area contributed by atoms with E-state index in [2.05, 4.69) is 27.3 Å². The van der Waals surface area contributed by atoms with Crippen molar-refractivity contribution in [2.75, 3.05) is 4.72 Å². The molecule has 0 aliphatic rings. The molecule has 2 aromatic carbocycles. The third kappa shape index (κ3) is 4.10. The van der Waals surface area contributed by atoms with E-state index in [9.17, 15) is 21.6 Å². The monoisotopic (exact) mass is 427 g/mol. The summed E-state index contributed by atoms with van der Waals surface area (Å²) in [4.78, 5) is -0.434. The highest BCUT2D eigenvalue weighted by molar-refractivity contribution is 14.1. The summed E-state index contributed by atoms with van der Waals surface area (Å²) in [5, 5.41) is 0. The molecule has 0 heterocycles. The van der Waals surface area contributed by atoms with E-state index in [1.807, 2.05) is 0 Å². The number of sulfonamides is 1. The van der Waals surface area contributed by atoms with Crippen molar-refractivity contribution in [1.82, 2.24) is 0 Å². The number of nitrogens with one attached hydrogen (secondary N) is 1. The molecule has 21 heavy (non-hydrogen) atoms. The average Bonchev–Trinajstić information content (AvgIpc) is 2.40. The lowest BCUT2D eigenvalue weighted by atomic mass is 10.2. The topological polar surface area (TPSA) is 46.2 Å². The smallest absolute Gasteiger partial charge is 0.280 e. The summed E-state index contributed by atoms with van der Waals surface area (Å²) in [5.74, 6) is 0. The van der Waals surface area contributed by atoms with Crippen LogP contribution in [-0.4, -0.2) is 8.42 Å². The molecule has 2 rings (SSSR count). The van der Waals surface area contributed by atoms with Crippen LogP contribution < -0.4 is 4.72 Å². The summed E-state index contributed by atoms with van der Waals surface area (Å²) < 4.78 is 65.2. The van der Waals surface area contributed by atoms with Crippen LogP contribution in [-0.2, 0) is 16.2 Å². The van der Waals surface area contributed by atoms with Crippen LogP contribution in [0.15, 0.2) is 53.4 Å². The minimum atomic E-state index is -4.59. The Morgan fingerprint density at radius 2 is 1.62 bits per heavy atom. The quantitative estimate of drug-likeness (QED) is 0.750. The van der Waals surface area contributed by atoms with Gasteiger partial charge in [0.05, 0.1) is 10.5 Å². The van der Waals surface area contributed by atoms with Crippen LogP contribution in [0.25, 0.3) is 0 Å². The molecule has 0 fully saturated rings. The molecule has 112 valence electrons. The van der Waals surface area contributed by atoms with E-state index in [0.29, 0.717) is 6.07 Å². The molecule has 0 saturated heterocycles. The predicted octanol–water partition coefficient (Wildman–Crippen LogP) is 4.11. The Morgan fingerprint density at radius 1 is 1.00 bits per heavy atom. The third-order valence-electron chi connectivity index (χ3n) is 2.57. The summed E-state index contributed by atoms with van der Waals surface area (Å²) >= 11 is 2.06. The molecular formula is C13H9F3INO2S. The zero-order chi connectivity index (χ0) is 15.7. The largest absolute Gasteiger partial charge is 0.416 e. The molecule has 0 saturated carbocycles. The molecule has 0 aromatic heterocycles. The standard InChI is InChI=1S/C13H9F3INO2S/c14-13(15,16)9-2-1-3-12(8-9)21(19,20)18-11-6-4-10(17)5-7-11/h1-8,18H. The number of rotatable bonds is 3. The predicted molar refractivity (Wildman–Crippen MR) is 81.4 cm³/mol. The van der Waals surface area contributed by atoms with Crippen molar-refractivity contribution in [2.24, 2.45) is 0 Å². The van der Waals surface area contributed by atoms with Crippen molar-refractivity contribution in [3.8, 4) is 0 Å². The fourth-order valence-electron chi connectivity index (χ4n) is 1.57. The van der Waals surface area contributed by atoms with Crippen LogP contribution in [0.2, 0.25) is 0 Å². The van der Waals surface area contributed by atoms with Gasteiger partial charge in [-0.25, -0.2) is 8.42 Å². The van der Waals surface area contributed by atoms with Crippen LogP contribution in [0, 0.1) is 3.57 Å². The summed E-state index contributed by atoms with van der Waals surface area (Å²) in [6.07, 6.45) is -4.59. The van der Waals surface area contributed by atoms with Crippen LogP contribution in [0.1, 0.15) is 5.56 Å². The Balaban J connectivity index is 2.34. The zero-order valence-electron chi connectivity index (χ0n) is 10.4. The van der Waals surface area contributed by atoms with Gasteiger partial charge in [0.25, 0.3) is 10.0 Å². The van der Waals surface area contributed by atoms with Gasteiger partial charge in [-0.05, 0) is 65.1 Å². The fraction of sp³-hybridized carbons (Fsp3) is 0.0769. The van der Waals surface area contributed by atoms with Gasteiger partial charge in [0.15, 0.2) is 0 Å². The van der Waals surface area contributed by atoms with Crippen LogP contribution in [0.3, 0.4) is 0 Å². The second-order valence-corrected chi connectivity index (χ2v) is 7.07. The van der Waals surface area contributed by atoms with Gasteiger partial charge >= 0.3 is 6.18 Å². The molecule has 2 aromatic rings. The number of halogens is 4. The molecular weight excluding hydrogens is 418 g/mol. The molecule has 1 N–H and O–H groups in total. The molecule has 0 amide bonds. The van der Waals surface area contributed by atoms with Gasteiger partial charge in [0.2, 0.25) is 0 Å². The summed E-state index contributed by atoms with van der Waals surface area (Å²) in [5.41, 5.74) is -0.721. The SMILES string of the molecule is O=S(=O)(Nc1ccc(I)cc1)c1cccc(C(F)(F)F)c1. The lowest BCUT2D eigenvalue weighted by molar-refractivity contribution is -0.137. The maximum absolute atomic E-state index is 12.6. The minimum absolute atomic E-state index is 0.285. The highest BCUT2D eigenvalue weighted by atomic mass is 127. The van der Waals surface area contributed by atoms with Crippen molar-refractivity contribution >= 4 is 38.3 Å². The van der Waals surface area contributed by atoms with Crippen molar-refractivity contribution in [3.63, 3.8) is 0 Å². The van der Waals surface area contributed by atoms with Gasteiger partial charge in [0, 0.05) is 9.26 Å². The Labute approximate surface area is 133 Å².